The van der Waals surface area contributed by atoms with Gasteiger partial charge in [0.05, 0.1) is 10.6 Å². The van der Waals surface area contributed by atoms with Gasteiger partial charge in [-0.15, -0.1) is 0 Å². The quantitative estimate of drug-likeness (QED) is 0.792. The molecule has 1 aromatic carbocycles. The van der Waals surface area contributed by atoms with Gasteiger partial charge >= 0.3 is 0 Å². The van der Waals surface area contributed by atoms with Gasteiger partial charge in [-0.3, -0.25) is 4.79 Å². The minimum atomic E-state index is -0.0433. The summed E-state index contributed by atoms with van der Waals surface area (Å²) in [4.78, 5) is 14.2. The maximum Gasteiger partial charge on any atom is 0.253 e. The van der Waals surface area contributed by atoms with Crippen molar-refractivity contribution in [3.63, 3.8) is 0 Å². The summed E-state index contributed by atoms with van der Waals surface area (Å²) in [5, 5.41) is 9.66. The molecule has 0 spiro atoms. The number of likely N-dealkylation sites (tertiary alicyclic amines) is 1. The minimum absolute atomic E-state index is 0.0433. The number of hydrogen-bond acceptors (Lipinski definition) is 4. The van der Waals surface area contributed by atoms with E-state index in [0.717, 1.165) is 19.3 Å². The van der Waals surface area contributed by atoms with E-state index >= 15 is 0 Å². The third-order valence-corrected chi connectivity index (χ3v) is 4.29. The molecule has 0 radical (unpaired) electrons. The number of phenolic OH excluding ortho intramolecular Hbond substituents is 1. The number of carbonyl (C=O) groups is 1. The summed E-state index contributed by atoms with van der Waals surface area (Å²) in [6.45, 7) is 2.70. The summed E-state index contributed by atoms with van der Waals surface area (Å²) < 4.78 is 6.32. The summed E-state index contributed by atoms with van der Waals surface area (Å²) in [6, 6.07) is 4.90. The summed E-state index contributed by atoms with van der Waals surface area (Å²) in [7, 11) is 0. The molecule has 0 saturated carbocycles. The molecule has 3 N–H and O–H groups in total. The Morgan fingerprint density at radius 2 is 2.14 bits per heavy atom. The van der Waals surface area contributed by atoms with Gasteiger partial charge in [-0.1, -0.05) is 0 Å². The molecule has 5 nitrogen and oxygen atoms in total. The zero-order chi connectivity index (χ0) is 15.2. The van der Waals surface area contributed by atoms with E-state index in [9.17, 15) is 9.90 Å². The Morgan fingerprint density at radius 1 is 1.43 bits per heavy atom. The average Bonchev–Trinajstić information content (AvgIpc) is 2.50. The fraction of sp³-hybridized carbons (Fsp3) is 0.533. The van der Waals surface area contributed by atoms with Crippen LogP contribution in [0.25, 0.3) is 0 Å². The smallest absolute Gasteiger partial charge is 0.253 e. The van der Waals surface area contributed by atoms with Crippen molar-refractivity contribution in [3.8, 4) is 5.75 Å². The van der Waals surface area contributed by atoms with Gasteiger partial charge in [-0.2, -0.15) is 0 Å². The fourth-order valence-corrected chi connectivity index (χ4v) is 2.63. The van der Waals surface area contributed by atoms with Crippen molar-refractivity contribution in [3.05, 3.63) is 28.2 Å². The van der Waals surface area contributed by atoms with E-state index < -0.39 is 0 Å². The molecule has 1 amide bonds. The topological polar surface area (TPSA) is 75.8 Å². The number of phenols is 1. The molecule has 1 saturated heterocycles. The highest BCUT2D eigenvalue weighted by Crippen LogP contribution is 2.25. The molecule has 1 aliphatic rings. The summed E-state index contributed by atoms with van der Waals surface area (Å²) >= 11 is 3.21. The van der Waals surface area contributed by atoms with E-state index in [1.807, 2.05) is 4.90 Å². The zero-order valence-electron chi connectivity index (χ0n) is 11.9. The number of aromatic hydroxyl groups is 1. The molecule has 1 aliphatic heterocycles. The molecular formula is C15H21BrN2O3. The Labute approximate surface area is 133 Å². The normalized spacial score (nSPS) is 16.2. The van der Waals surface area contributed by atoms with Crippen LogP contribution in [0.4, 0.5) is 0 Å². The molecule has 1 fully saturated rings. The molecule has 21 heavy (non-hydrogen) atoms. The lowest BCUT2D eigenvalue weighted by molar-refractivity contribution is 0.00843. The molecular weight excluding hydrogens is 336 g/mol. The summed E-state index contributed by atoms with van der Waals surface area (Å²) in [6.07, 6.45) is 2.79. The zero-order valence-corrected chi connectivity index (χ0v) is 13.5. The number of piperidine rings is 1. The van der Waals surface area contributed by atoms with Gasteiger partial charge in [-0.05, 0) is 59.9 Å². The van der Waals surface area contributed by atoms with Crippen molar-refractivity contribution in [1.82, 2.24) is 4.90 Å². The first kappa shape index (κ1) is 16.3. The Balaban J connectivity index is 1.86. The van der Waals surface area contributed by atoms with Crippen LogP contribution in [-0.4, -0.2) is 48.3 Å². The van der Waals surface area contributed by atoms with Crippen molar-refractivity contribution < 1.29 is 14.6 Å². The number of nitrogens with two attached hydrogens (primary N) is 1. The SMILES string of the molecule is NCCCOC1CCN(C(=O)c2ccc(Br)c(O)c2)CC1. The number of rotatable bonds is 5. The molecule has 0 aromatic heterocycles. The van der Waals surface area contributed by atoms with E-state index in [0.29, 0.717) is 36.3 Å². The van der Waals surface area contributed by atoms with Crippen LogP contribution in [0.2, 0.25) is 0 Å². The maximum atomic E-state index is 12.4. The number of hydrogen-bond donors (Lipinski definition) is 2. The number of carbonyl (C=O) groups excluding carboxylic acids is 1. The molecule has 0 atom stereocenters. The number of halogens is 1. The molecule has 6 heteroatoms. The van der Waals surface area contributed by atoms with Gasteiger partial charge in [0.15, 0.2) is 0 Å². The number of benzene rings is 1. The monoisotopic (exact) mass is 356 g/mol. The predicted octanol–water partition coefficient (Wildman–Crippen LogP) is 2.12. The maximum absolute atomic E-state index is 12.4. The first-order valence-corrected chi connectivity index (χ1v) is 8.00. The minimum Gasteiger partial charge on any atom is -0.507 e. The molecule has 1 aromatic rings. The van der Waals surface area contributed by atoms with Crippen molar-refractivity contribution in [2.24, 2.45) is 5.73 Å². The van der Waals surface area contributed by atoms with Crippen LogP contribution in [0.1, 0.15) is 29.6 Å². The predicted molar refractivity (Wildman–Crippen MR) is 84.4 cm³/mol. The third-order valence-electron chi connectivity index (χ3n) is 3.62. The molecule has 0 bridgehead atoms. The van der Waals surface area contributed by atoms with Crippen LogP contribution >= 0.6 is 15.9 Å². The van der Waals surface area contributed by atoms with Crippen LogP contribution < -0.4 is 5.73 Å². The van der Waals surface area contributed by atoms with E-state index in [-0.39, 0.29) is 17.8 Å². The Bertz CT molecular complexity index is 488. The Morgan fingerprint density at radius 3 is 2.76 bits per heavy atom. The molecule has 2 rings (SSSR count). The average molecular weight is 357 g/mol. The highest BCUT2D eigenvalue weighted by Gasteiger charge is 2.24. The molecule has 0 unspecified atom stereocenters. The van der Waals surface area contributed by atoms with Crippen molar-refractivity contribution in [2.75, 3.05) is 26.2 Å². The Kier molecular flexibility index (Phi) is 6.02. The second-order valence-electron chi connectivity index (χ2n) is 5.17. The highest BCUT2D eigenvalue weighted by atomic mass is 79.9. The third kappa shape index (κ3) is 4.43. The van der Waals surface area contributed by atoms with Gasteiger partial charge in [0.2, 0.25) is 0 Å². The lowest BCUT2D eigenvalue weighted by atomic mass is 10.1. The highest BCUT2D eigenvalue weighted by molar-refractivity contribution is 9.10. The van der Waals surface area contributed by atoms with E-state index in [1.54, 1.807) is 12.1 Å². The van der Waals surface area contributed by atoms with Gasteiger partial charge in [0, 0.05) is 25.3 Å². The number of nitrogens with zero attached hydrogens (tertiary/aromatic N) is 1. The summed E-state index contributed by atoms with van der Waals surface area (Å²) in [5.41, 5.74) is 5.95. The van der Waals surface area contributed by atoms with Gasteiger partial charge < -0.3 is 20.5 Å². The van der Waals surface area contributed by atoms with Crippen LogP contribution in [0.5, 0.6) is 5.75 Å². The fourth-order valence-electron chi connectivity index (χ4n) is 2.39. The van der Waals surface area contributed by atoms with Crippen LogP contribution in [0.15, 0.2) is 22.7 Å². The molecule has 116 valence electrons. The van der Waals surface area contributed by atoms with Crippen molar-refractivity contribution >= 4 is 21.8 Å². The molecule has 0 aliphatic carbocycles. The lowest BCUT2D eigenvalue weighted by Gasteiger charge is -2.32. The van der Waals surface area contributed by atoms with E-state index in [2.05, 4.69) is 15.9 Å². The van der Waals surface area contributed by atoms with Crippen LogP contribution in [0, 0.1) is 0 Å². The Hall–Kier alpha value is -1.11. The number of ether oxygens (including phenoxy) is 1. The lowest BCUT2D eigenvalue weighted by Crippen LogP contribution is -2.41. The second kappa shape index (κ2) is 7.77. The van der Waals surface area contributed by atoms with Crippen LogP contribution in [0.3, 0.4) is 0 Å². The van der Waals surface area contributed by atoms with Gasteiger partial charge in [-0.25, -0.2) is 0 Å². The van der Waals surface area contributed by atoms with Crippen LogP contribution in [-0.2, 0) is 4.74 Å². The number of amides is 1. The van der Waals surface area contributed by atoms with E-state index in [4.69, 9.17) is 10.5 Å². The first-order valence-electron chi connectivity index (χ1n) is 7.21. The van der Waals surface area contributed by atoms with Crippen molar-refractivity contribution in [1.29, 1.82) is 0 Å². The van der Waals surface area contributed by atoms with Gasteiger partial charge in [0.1, 0.15) is 5.75 Å². The van der Waals surface area contributed by atoms with Gasteiger partial charge in [0.25, 0.3) is 5.91 Å². The largest absolute Gasteiger partial charge is 0.507 e. The molecule has 1 heterocycles. The van der Waals surface area contributed by atoms with E-state index in [1.165, 1.54) is 6.07 Å². The first-order chi connectivity index (χ1) is 10.1. The van der Waals surface area contributed by atoms with Crippen molar-refractivity contribution in [2.45, 2.75) is 25.4 Å². The standard InChI is InChI=1S/C15H21BrN2O3/c16-13-3-2-11(10-14(13)19)15(20)18-7-4-12(5-8-18)21-9-1-6-17/h2-3,10,12,19H,1,4-9,17H2. The summed E-state index contributed by atoms with van der Waals surface area (Å²) in [5.74, 6) is 0.0408. The second-order valence-corrected chi connectivity index (χ2v) is 6.03.